The van der Waals surface area contributed by atoms with Gasteiger partial charge < -0.3 is 5.73 Å². The summed E-state index contributed by atoms with van der Waals surface area (Å²) in [6.07, 6.45) is 1.48. The second-order valence-corrected chi connectivity index (χ2v) is 3.92. The molecule has 4 heteroatoms. The molecule has 0 radical (unpaired) electrons. The van der Waals surface area contributed by atoms with Gasteiger partial charge in [0.2, 0.25) is 0 Å². The van der Waals surface area contributed by atoms with Crippen molar-refractivity contribution in [2.24, 2.45) is 5.73 Å². The van der Waals surface area contributed by atoms with Crippen molar-refractivity contribution < 1.29 is 13.6 Å². The Labute approximate surface area is 93.5 Å². The first-order valence-corrected chi connectivity index (χ1v) is 5.24. The summed E-state index contributed by atoms with van der Waals surface area (Å²) in [5.74, 6) is -1.65. The molecule has 0 aromatic heterocycles. The SMILES string of the molecule is CC(N)CCCC(=O)c1cc(F)ccc1F. The standard InChI is InChI=1S/C12H15F2NO/c1-8(15)3-2-4-12(16)10-7-9(13)5-6-11(10)14/h5-8H,2-4,15H2,1H3. The first-order valence-electron chi connectivity index (χ1n) is 5.24. The summed E-state index contributed by atoms with van der Waals surface area (Å²) < 4.78 is 26.0. The smallest absolute Gasteiger partial charge is 0.165 e. The number of Topliss-reactive ketones (excluding diaryl/α,β-unsaturated/α-hetero) is 1. The summed E-state index contributed by atoms with van der Waals surface area (Å²) in [6, 6.07) is 2.91. The second kappa shape index (κ2) is 5.70. The molecule has 1 unspecified atom stereocenters. The van der Waals surface area contributed by atoms with Crippen LogP contribution in [0.3, 0.4) is 0 Å². The average Bonchev–Trinajstić information content (AvgIpc) is 2.21. The Kier molecular flexibility index (Phi) is 4.55. The van der Waals surface area contributed by atoms with E-state index in [-0.39, 0.29) is 23.8 Å². The van der Waals surface area contributed by atoms with E-state index in [1.807, 2.05) is 6.92 Å². The van der Waals surface area contributed by atoms with Crippen LogP contribution in [0.15, 0.2) is 18.2 Å². The molecule has 1 atom stereocenters. The Morgan fingerprint density at radius 1 is 1.44 bits per heavy atom. The van der Waals surface area contributed by atoms with Crippen molar-refractivity contribution in [1.82, 2.24) is 0 Å². The predicted octanol–water partition coefficient (Wildman–Crippen LogP) is 2.67. The van der Waals surface area contributed by atoms with E-state index in [2.05, 4.69) is 0 Å². The minimum absolute atomic E-state index is 0.0187. The molecule has 2 N–H and O–H groups in total. The molecular formula is C12H15F2NO. The summed E-state index contributed by atoms with van der Waals surface area (Å²) >= 11 is 0. The first kappa shape index (κ1) is 12.8. The van der Waals surface area contributed by atoms with Gasteiger partial charge in [0.25, 0.3) is 0 Å². The Morgan fingerprint density at radius 2 is 2.12 bits per heavy atom. The largest absolute Gasteiger partial charge is 0.328 e. The van der Waals surface area contributed by atoms with Crippen LogP contribution in [0.5, 0.6) is 0 Å². The maximum absolute atomic E-state index is 13.2. The summed E-state index contributed by atoms with van der Waals surface area (Å²) in [6.45, 7) is 1.84. The third kappa shape index (κ3) is 3.70. The zero-order valence-electron chi connectivity index (χ0n) is 9.17. The molecule has 0 aliphatic heterocycles. The fraction of sp³-hybridized carbons (Fsp3) is 0.417. The fourth-order valence-corrected chi connectivity index (χ4v) is 1.43. The van der Waals surface area contributed by atoms with Gasteiger partial charge in [-0.2, -0.15) is 0 Å². The topological polar surface area (TPSA) is 43.1 Å². The number of nitrogens with two attached hydrogens (primary N) is 1. The Morgan fingerprint density at radius 3 is 2.75 bits per heavy atom. The number of hydrogen-bond donors (Lipinski definition) is 1. The molecule has 0 aliphatic rings. The van der Waals surface area contributed by atoms with E-state index >= 15 is 0 Å². The normalized spacial score (nSPS) is 12.5. The summed E-state index contributed by atoms with van der Waals surface area (Å²) in [7, 11) is 0. The van der Waals surface area contributed by atoms with Crippen molar-refractivity contribution in [2.45, 2.75) is 32.2 Å². The second-order valence-electron chi connectivity index (χ2n) is 3.92. The van der Waals surface area contributed by atoms with Crippen LogP contribution in [0.1, 0.15) is 36.5 Å². The highest BCUT2D eigenvalue weighted by molar-refractivity contribution is 5.96. The van der Waals surface area contributed by atoms with Gasteiger partial charge in [-0.05, 0) is 38.0 Å². The zero-order valence-corrected chi connectivity index (χ0v) is 9.17. The molecule has 88 valence electrons. The number of carbonyl (C=O) groups excluding carboxylic acids is 1. The van der Waals surface area contributed by atoms with Gasteiger partial charge in [0.15, 0.2) is 5.78 Å². The number of carbonyl (C=O) groups is 1. The zero-order chi connectivity index (χ0) is 12.1. The van der Waals surface area contributed by atoms with Crippen molar-refractivity contribution >= 4 is 5.78 Å². The quantitative estimate of drug-likeness (QED) is 0.786. The average molecular weight is 227 g/mol. The van der Waals surface area contributed by atoms with E-state index in [9.17, 15) is 13.6 Å². The molecule has 1 aromatic carbocycles. The van der Waals surface area contributed by atoms with Gasteiger partial charge in [-0.25, -0.2) is 8.78 Å². The molecule has 0 bridgehead atoms. The first-order chi connectivity index (χ1) is 7.50. The van der Waals surface area contributed by atoms with Gasteiger partial charge in [-0.3, -0.25) is 4.79 Å². The number of ketones is 1. The molecule has 0 spiro atoms. The lowest BCUT2D eigenvalue weighted by atomic mass is 10.0. The van der Waals surface area contributed by atoms with Crippen LogP contribution in [0.4, 0.5) is 8.78 Å². The van der Waals surface area contributed by atoms with Crippen LogP contribution in [0.25, 0.3) is 0 Å². The Balaban J connectivity index is 2.62. The third-order valence-corrected chi connectivity index (χ3v) is 2.29. The predicted molar refractivity (Wildman–Crippen MR) is 58.2 cm³/mol. The minimum Gasteiger partial charge on any atom is -0.328 e. The minimum atomic E-state index is -0.674. The number of hydrogen-bond acceptors (Lipinski definition) is 2. The molecule has 0 heterocycles. The van der Waals surface area contributed by atoms with Gasteiger partial charge >= 0.3 is 0 Å². The van der Waals surface area contributed by atoms with Crippen LogP contribution >= 0.6 is 0 Å². The molecule has 16 heavy (non-hydrogen) atoms. The van der Waals surface area contributed by atoms with Gasteiger partial charge in [0.1, 0.15) is 11.6 Å². The van der Waals surface area contributed by atoms with Crippen molar-refractivity contribution in [3.05, 3.63) is 35.4 Å². The molecule has 0 saturated carbocycles. The molecule has 0 fully saturated rings. The van der Waals surface area contributed by atoms with Crippen molar-refractivity contribution in [1.29, 1.82) is 0 Å². The van der Waals surface area contributed by atoms with E-state index in [1.165, 1.54) is 0 Å². The van der Waals surface area contributed by atoms with Crippen LogP contribution in [-0.2, 0) is 0 Å². The van der Waals surface area contributed by atoms with Crippen LogP contribution in [0, 0.1) is 11.6 Å². The molecule has 0 amide bonds. The third-order valence-electron chi connectivity index (χ3n) is 2.29. The number of benzene rings is 1. The number of halogens is 2. The van der Waals surface area contributed by atoms with Gasteiger partial charge in [0, 0.05) is 12.5 Å². The van der Waals surface area contributed by atoms with Gasteiger partial charge in [-0.15, -0.1) is 0 Å². The summed E-state index contributed by atoms with van der Waals surface area (Å²) in [5.41, 5.74) is 5.35. The van der Waals surface area contributed by atoms with E-state index in [0.29, 0.717) is 12.8 Å². The van der Waals surface area contributed by atoms with E-state index in [1.54, 1.807) is 0 Å². The molecule has 1 aromatic rings. The Bertz CT molecular complexity index is 377. The van der Waals surface area contributed by atoms with Crippen molar-refractivity contribution in [3.8, 4) is 0 Å². The van der Waals surface area contributed by atoms with E-state index < -0.39 is 11.6 Å². The maximum atomic E-state index is 13.2. The van der Waals surface area contributed by atoms with Crippen molar-refractivity contribution in [3.63, 3.8) is 0 Å². The highest BCUT2D eigenvalue weighted by atomic mass is 19.1. The summed E-state index contributed by atoms with van der Waals surface area (Å²) in [4.78, 5) is 11.6. The summed E-state index contributed by atoms with van der Waals surface area (Å²) in [5, 5.41) is 0. The Hall–Kier alpha value is -1.29. The fourth-order valence-electron chi connectivity index (χ4n) is 1.43. The monoisotopic (exact) mass is 227 g/mol. The van der Waals surface area contributed by atoms with E-state index in [4.69, 9.17) is 5.73 Å². The van der Waals surface area contributed by atoms with Gasteiger partial charge in [-0.1, -0.05) is 0 Å². The van der Waals surface area contributed by atoms with Crippen LogP contribution in [0.2, 0.25) is 0 Å². The molecule has 0 aliphatic carbocycles. The van der Waals surface area contributed by atoms with Crippen LogP contribution < -0.4 is 5.73 Å². The molecule has 1 rings (SSSR count). The van der Waals surface area contributed by atoms with Crippen LogP contribution in [-0.4, -0.2) is 11.8 Å². The highest BCUT2D eigenvalue weighted by Gasteiger charge is 2.12. The lowest BCUT2D eigenvalue weighted by Crippen LogP contribution is -2.15. The molecular weight excluding hydrogens is 212 g/mol. The van der Waals surface area contributed by atoms with Gasteiger partial charge in [0.05, 0.1) is 5.56 Å². The maximum Gasteiger partial charge on any atom is 0.165 e. The lowest BCUT2D eigenvalue weighted by Gasteiger charge is -2.05. The van der Waals surface area contributed by atoms with Crippen molar-refractivity contribution in [2.75, 3.05) is 0 Å². The number of rotatable bonds is 5. The molecule has 2 nitrogen and oxygen atoms in total. The molecule has 0 saturated heterocycles. The lowest BCUT2D eigenvalue weighted by molar-refractivity contribution is 0.0974. The van der Waals surface area contributed by atoms with E-state index in [0.717, 1.165) is 18.2 Å². The highest BCUT2D eigenvalue weighted by Crippen LogP contribution is 2.13.